The molecule has 0 aliphatic carbocycles. The molecule has 3 N–H and O–H groups in total. The Hall–Kier alpha value is -2.66. The van der Waals surface area contributed by atoms with Gasteiger partial charge in [0, 0.05) is 0 Å². The third-order valence-corrected chi connectivity index (χ3v) is 2.30. The smallest absolute Gasteiger partial charge is 0.268 e. The van der Waals surface area contributed by atoms with E-state index in [0.29, 0.717) is 17.1 Å². The summed E-state index contributed by atoms with van der Waals surface area (Å²) in [6.45, 7) is 1.95. The van der Waals surface area contributed by atoms with Gasteiger partial charge in [0.15, 0.2) is 0 Å². The first-order valence-electron chi connectivity index (χ1n) is 5.04. The van der Waals surface area contributed by atoms with Crippen LogP contribution in [0, 0.1) is 18.3 Å². The highest BCUT2D eigenvalue weighted by atomic mass is 16.3. The highest BCUT2D eigenvalue weighted by Crippen LogP contribution is 2.15. The molecule has 8 nitrogen and oxygen atoms in total. The first-order valence-corrected chi connectivity index (χ1v) is 5.04. The number of rotatable bonds is 3. The second-order valence-corrected chi connectivity index (χ2v) is 3.53. The fourth-order valence-corrected chi connectivity index (χ4v) is 1.51. The number of aromatic nitrogens is 3. The number of hydrogen-bond acceptors (Lipinski definition) is 6. The van der Waals surface area contributed by atoms with Crippen molar-refractivity contribution < 1.29 is 9.21 Å². The zero-order chi connectivity index (χ0) is 13.1. The fraction of sp³-hybridized carbons (Fsp3) is 0.200. The van der Waals surface area contributed by atoms with Crippen LogP contribution in [0.5, 0.6) is 0 Å². The molecule has 0 aromatic carbocycles. The van der Waals surface area contributed by atoms with Crippen molar-refractivity contribution >= 4 is 5.91 Å². The van der Waals surface area contributed by atoms with Crippen molar-refractivity contribution in [1.29, 1.82) is 5.26 Å². The predicted octanol–water partition coefficient (Wildman–Crippen LogP) is -0.297. The molecule has 0 radical (unpaired) electrons. The van der Waals surface area contributed by atoms with Crippen LogP contribution >= 0.6 is 0 Å². The third-order valence-electron chi connectivity index (χ3n) is 2.30. The lowest BCUT2D eigenvalue weighted by Gasteiger charge is -1.94. The quantitative estimate of drug-likeness (QED) is 0.435. The minimum absolute atomic E-state index is 0.0817. The number of hydrazine groups is 1. The van der Waals surface area contributed by atoms with Crippen molar-refractivity contribution in [3.63, 3.8) is 0 Å². The van der Waals surface area contributed by atoms with E-state index in [1.807, 2.05) is 11.5 Å². The summed E-state index contributed by atoms with van der Waals surface area (Å²) in [5, 5.41) is 12.5. The third kappa shape index (κ3) is 2.21. The van der Waals surface area contributed by atoms with E-state index in [1.54, 1.807) is 13.0 Å². The lowest BCUT2D eigenvalue weighted by atomic mass is 10.2. The van der Waals surface area contributed by atoms with Crippen LogP contribution in [0.25, 0.3) is 0 Å². The topological polar surface area (TPSA) is 123 Å². The van der Waals surface area contributed by atoms with E-state index in [-0.39, 0.29) is 12.4 Å². The molecule has 0 unspecified atom stereocenters. The lowest BCUT2D eigenvalue weighted by molar-refractivity contribution is 0.0952. The van der Waals surface area contributed by atoms with Gasteiger partial charge in [0.1, 0.15) is 30.5 Å². The first kappa shape index (κ1) is 11.8. The maximum Gasteiger partial charge on any atom is 0.268 e. The SMILES string of the molecule is Cc1oc(Cn2cnc(C#N)n2)cc1C(=O)NN. The molecule has 0 atom stereocenters. The monoisotopic (exact) mass is 246 g/mol. The summed E-state index contributed by atoms with van der Waals surface area (Å²) in [6.07, 6.45) is 1.42. The normalized spacial score (nSPS) is 10.1. The average Bonchev–Trinajstić information content (AvgIpc) is 2.95. The van der Waals surface area contributed by atoms with E-state index < -0.39 is 5.91 Å². The fourth-order valence-electron chi connectivity index (χ4n) is 1.51. The minimum Gasteiger partial charge on any atom is -0.464 e. The number of nitrogen functional groups attached to an aromatic ring is 1. The molecule has 0 bridgehead atoms. The predicted molar refractivity (Wildman–Crippen MR) is 58.9 cm³/mol. The highest BCUT2D eigenvalue weighted by Gasteiger charge is 2.14. The molecule has 2 heterocycles. The summed E-state index contributed by atoms with van der Waals surface area (Å²) in [5.74, 6) is 5.71. The first-order chi connectivity index (χ1) is 8.63. The Morgan fingerprint density at radius 2 is 2.50 bits per heavy atom. The van der Waals surface area contributed by atoms with Gasteiger partial charge in [0.25, 0.3) is 11.7 Å². The number of aryl methyl sites for hydroxylation is 1. The summed E-state index contributed by atoms with van der Waals surface area (Å²) in [6, 6.07) is 3.40. The van der Waals surface area contributed by atoms with Crippen LogP contribution in [0.3, 0.4) is 0 Å². The molecule has 0 spiro atoms. The number of nitriles is 1. The zero-order valence-electron chi connectivity index (χ0n) is 9.54. The number of furan rings is 1. The molecular formula is C10H10N6O2. The van der Waals surface area contributed by atoms with Crippen molar-refractivity contribution in [2.45, 2.75) is 13.5 Å². The minimum atomic E-state index is -0.418. The van der Waals surface area contributed by atoms with Crippen molar-refractivity contribution in [2.24, 2.45) is 5.84 Å². The van der Waals surface area contributed by atoms with E-state index >= 15 is 0 Å². The Kier molecular flexibility index (Phi) is 3.07. The summed E-state index contributed by atoms with van der Waals surface area (Å²) in [5.41, 5.74) is 2.40. The standard InChI is InChI=1S/C10H10N6O2/c1-6-8(10(17)14-12)2-7(18-6)4-16-5-13-9(3-11)15-16/h2,5H,4,12H2,1H3,(H,14,17). The Bertz CT molecular complexity index is 621. The Labute approximate surface area is 102 Å². The average molecular weight is 246 g/mol. The molecule has 0 saturated carbocycles. The molecule has 18 heavy (non-hydrogen) atoms. The van der Waals surface area contributed by atoms with Crippen LogP contribution in [0.15, 0.2) is 16.8 Å². The van der Waals surface area contributed by atoms with Crippen molar-refractivity contribution in [2.75, 3.05) is 0 Å². The Balaban J connectivity index is 2.20. The van der Waals surface area contributed by atoms with Gasteiger partial charge in [0.05, 0.1) is 5.56 Å². The number of carbonyl (C=O) groups excluding carboxylic acids is 1. The maximum atomic E-state index is 11.4. The zero-order valence-corrected chi connectivity index (χ0v) is 9.54. The number of nitrogens with zero attached hydrogens (tertiary/aromatic N) is 4. The molecule has 0 saturated heterocycles. The molecule has 8 heteroatoms. The van der Waals surface area contributed by atoms with Crippen LogP contribution in [-0.4, -0.2) is 20.7 Å². The summed E-state index contributed by atoms with van der Waals surface area (Å²) < 4.78 is 6.84. The van der Waals surface area contributed by atoms with Gasteiger partial charge in [-0.15, -0.1) is 5.10 Å². The van der Waals surface area contributed by atoms with Gasteiger partial charge in [-0.1, -0.05) is 0 Å². The van der Waals surface area contributed by atoms with Crippen LogP contribution in [0.1, 0.15) is 27.7 Å². The maximum absolute atomic E-state index is 11.4. The molecule has 92 valence electrons. The summed E-state index contributed by atoms with van der Waals surface area (Å²) in [7, 11) is 0. The van der Waals surface area contributed by atoms with Crippen LogP contribution in [-0.2, 0) is 6.54 Å². The highest BCUT2D eigenvalue weighted by molar-refractivity contribution is 5.94. The van der Waals surface area contributed by atoms with Gasteiger partial charge in [-0.05, 0) is 13.0 Å². The molecule has 0 aliphatic rings. The molecule has 1 amide bonds. The van der Waals surface area contributed by atoms with Gasteiger partial charge in [-0.2, -0.15) is 5.26 Å². The Morgan fingerprint density at radius 1 is 1.72 bits per heavy atom. The largest absolute Gasteiger partial charge is 0.464 e. The molecule has 0 fully saturated rings. The van der Waals surface area contributed by atoms with Gasteiger partial charge < -0.3 is 4.42 Å². The molecule has 2 aromatic heterocycles. The summed E-state index contributed by atoms with van der Waals surface area (Å²) >= 11 is 0. The molecule has 2 aromatic rings. The molecule has 2 rings (SSSR count). The van der Waals surface area contributed by atoms with Crippen LogP contribution in [0.2, 0.25) is 0 Å². The second kappa shape index (κ2) is 4.68. The number of amides is 1. The Morgan fingerprint density at radius 3 is 3.11 bits per heavy atom. The number of nitrogens with two attached hydrogens (primary N) is 1. The van der Waals surface area contributed by atoms with Gasteiger partial charge >= 0.3 is 0 Å². The summed E-state index contributed by atoms with van der Waals surface area (Å²) in [4.78, 5) is 15.1. The van der Waals surface area contributed by atoms with E-state index in [1.165, 1.54) is 11.0 Å². The van der Waals surface area contributed by atoms with Crippen LogP contribution in [0.4, 0.5) is 0 Å². The van der Waals surface area contributed by atoms with Crippen molar-refractivity contribution in [3.8, 4) is 6.07 Å². The number of carbonyl (C=O) groups is 1. The van der Waals surface area contributed by atoms with Crippen LogP contribution < -0.4 is 11.3 Å². The number of hydrogen-bond donors (Lipinski definition) is 2. The second-order valence-electron chi connectivity index (χ2n) is 3.53. The lowest BCUT2D eigenvalue weighted by Crippen LogP contribution is -2.30. The molecular weight excluding hydrogens is 236 g/mol. The van der Waals surface area contributed by atoms with Gasteiger partial charge in [-0.3, -0.25) is 10.2 Å². The molecule has 0 aliphatic heterocycles. The van der Waals surface area contributed by atoms with E-state index in [2.05, 4.69) is 10.1 Å². The van der Waals surface area contributed by atoms with E-state index in [0.717, 1.165) is 0 Å². The van der Waals surface area contributed by atoms with E-state index in [4.69, 9.17) is 15.5 Å². The van der Waals surface area contributed by atoms with Crippen molar-refractivity contribution in [3.05, 3.63) is 35.3 Å². The van der Waals surface area contributed by atoms with E-state index in [9.17, 15) is 4.79 Å². The number of nitrogens with one attached hydrogen (secondary N) is 1. The van der Waals surface area contributed by atoms with Gasteiger partial charge in [-0.25, -0.2) is 15.5 Å². The van der Waals surface area contributed by atoms with Crippen molar-refractivity contribution in [1.82, 2.24) is 20.2 Å². The van der Waals surface area contributed by atoms with Gasteiger partial charge in [0.2, 0.25) is 0 Å².